The number of benzene rings is 1. The lowest BCUT2D eigenvalue weighted by Crippen LogP contribution is -2.45. The van der Waals surface area contributed by atoms with E-state index >= 15 is 0 Å². The molecule has 1 N–H and O–H groups in total. The van der Waals surface area contributed by atoms with E-state index in [-0.39, 0.29) is 11.5 Å². The van der Waals surface area contributed by atoms with Gasteiger partial charge in [0.2, 0.25) is 0 Å². The molecular formula is C26H30N2O3S. The Morgan fingerprint density at radius 1 is 1.28 bits per heavy atom. The molecular weight excluding hydrogens is 420 g/mol. The summed E-state index contributed by atoms with van der Waals surface area (Å²) in [7, 11) is 1.80. The van der Waals surface area contributed by atoms with E-state index in [0.29, 0.717) is 23.2 Å². The zero-order chi connectivity index (χ0) is 22.6. The van der Waals surface area contributed by atoms with Crippen LogP contribution in [0.25, 0.3) is 10.4 Å². The summed E-state index contributed by atoms with van der Waals surface area (Å²) in [5.74, 6) is -0.857. The number of fused-ring (bicyclic) bond motifs is 3. The summed E-state index contributed by atoms with van der Waals surface area (Å²) in [6, 6.07) is 8.88. The van der Waals surface area contributed by atoms with Crippen molar-refractivity contribution in [2.75, 3.05) is 12.0 Å². The van der Waals surface area contributed by atoms with Crippen LogP contribution in [-0.2, 0) is 17.6 Å². The third kappa shape index (κ3) is 3.52. The van der Waals surface area contributed by atoms with Crippen LogP contribution in [0.5, 0.6) is 0 Å². The number of carbonyl (C=O) groups is 1. The fourth-order valence-corrected chi connectivity index (χ4v) is 7.40. The Morgan fingerprint density at radius 3 is 2.62 bits per heavy atom. The molecule has 0 unspecified atom stereocenters. The molecule has 32 heavy (non-hydrogen) atoms. The summed E-state index contributed by atoms with van der Waals surface area (Å²) in [6.07, 6.45) is 7.31. The minimum absolute atomic E-state index is 0.105. The van der Waals surface area contributed by atoms with Crippen LogP contribution < -0.4 is 4.90 Å². The van der Waals surface area contributed by atoms with Gasteiger partial charge in [0.25, 0.3) is 0 Å². The molecule has 2 aliphatic heterocycles. The van der Waals surface area contributed by atoms with Crippen LogP contribution in [0.3, 0.4) is 0 Å². The van der Waals surface area contributed by atoms with Crippen molar-refractivity contribution in [1.29, 1.82) is 5.26 Å². The number of piperidine rings is 1. The van der Waals surface area contributed by atoms with E-state index in [1.54, 1.807) is 18.4 Å². The predicted molar refractivity (Wildman–Crippen MR) is 127 cm³/mol. The van der Waals surface area contributed by atoms with E-state index in [1.165, 1.54) is 4.88 Å². The number of anilines is 1. The SMILES string of the molecule is CO[C@H]1C[C@H]2CC[C@@H](C1)N2c1ccc(C#N)cc1-c1sc2c(c1C(=O)O)CC(C)(C)CC2. The third-order valence-electron chi connectivity index (χ3n) is 7.66. The predicted octanol–water partition coefficient (Wildman–Crippen LogP) is 5.65. The van der Waals surface area contributed by atoms with Gasteiger partial charge >= 0.3 is 5.97 Å². The van der Waals surface area contributed by atoms with Crippen LogP contribution in [0.15, 0.2) is 18.2 Å². The molecule has 6 heteroatoms. The third-order valence-corrected chi connectivity index (χ3v) is 8.99. The van der Waals surface area contributed by atoms with Crippen molar-refractivity contribution >= 4 is 23.0 Å². The Labute approximate surface area is 193 Å². The molecule has 0 spiro atoms. The second kappa shape index (κ2) is 7.90. The number of aryl methyl sites for hydroxylation is 1. The summed E-state index contributed by atoms with van der Waals surface area (Å²) in [5, 5.41) is 19.9. The number of rotatable bonds is 4. The maximum absolute atomic E-state index is 12.5. The van der Waals surface area contributed by atoms with Gasteiger partial charge in [-0.3, -0.25) is 0 Å². The van der Waals surface area contributed by atoms with Gasteiger partial charge in [0.15, 0.2) is 0 Å². The van der Waals surface area contributed by atoms with E-state index in [2.05, 4.69) is 24.8 Å². The van der Waals surface area contributed by atoms with Crippen molar-refractivity contribution in [3.8, 4) is 16.5 Å². The minimum atomic E-state index is -0.857. The molecule has 5 rings (SSSR count). The number of thiophene rings is 1. The van der Waals surface area contributed by atoms with Crippen LogP contribution in [0.4, 0.5) is 5.69 Å². The van der Waals surface area contributed by atoms with Gasteiger partial charge in [0, 0.05) is 35.3 Å². The number of hydrogen-bond acceptors (Lipinski definition) is 5. The standard InChI is InChI=1S/C26H30N2O3S/c1-26(2)9-8-22-20(13-26)23(25(29)30)24(32-22)19-10-15(14-27)4-7-21(19)28-16-5-6-17(28)12-18(11-16)31-3/h4,7,10,16-18H,5-6,8-9,11-13H2,1-3H3,(H,29,30)/t16-,17+,18+. The highest BCUT2D eigenvalue weighted by molar-refractivity contribution is 7.16. The molecule has 2 aromatic rings. The fourth-order valence-electron chi connectivity index (χ4n) is 6.06. The van der Waals surface area contributed by atoms with Crippen molar-refractivity contribution in [3.63, 3.8) is 0 Å². The van der Waals surface area contributed by atoms with E-state index < -0.39 is 5.97 Å². The summed E-state index contributed by atoms with van der Waals surface area (Å²) in [4.78, 5) is 17.0. The molecule has 2 bridgehead atoms. The Morgan fingerprint density at radius 2 is 2.00 bits per heavy atom. The first kappa shape index (κ1) is 21.5. The summed E-state index contributed by atoms with van der Waals surface area (Å²) >= 11 is 1.63. The average molecular weight is 451 g/mol. The number of hydrogen-bond donors (Lipinski definition) is 1. The van der Waals surface area contributed by atoms with Crippen molar-refractivity contribution in [1.82, 2.24) is 0 Å². The van der Waals surface area contributed by atoms with E-state index in [1.807, 2.05) is 18.2 Å². The zero-order valence-corrected chi connectivity index (χ0v) is 19.8. The van der Waals surface area contributed by atoms with E-state index in [4.69, 9.17) is 4.74 Å². The van der Waals surface area contributed by atoms with Crippen LogP contribution >= 0.6 is 11.3 Å². The Kier molecular flexibility index (Phi) is 5.30. The topological polar surface area (TPSA) is 73.6 Å². The minimum Gasteiger partial charge on any atom is -0.478 e. The molecule has 2 saturated heterocycles. The molecule has 3 aliphatic rings. The number of ether oxygens (including phenoxy) is 1. The number of nitrogens with zero attached hydrogens (tertiary/aromatic N) is 2. The van der Waals surface area contributed by atoms with Gasteiger partial charge < -0.3 is 14.7 Å². The summed E-state index contributed by atoms with van der Waals surface area (Å²) < 4.78 is 5.69. The van der Waals surface area contributed by atoms with Gasteiger partial charge in [-0.2, -0.15) is 5.26 Å². The Hall–Kier alpha value is -2.36. The summed E-state index contributed by atoms with van der Waals surface area (Å²) in [6.45, 7) is 4.44. The highest BCUT2D eigenvalue weighted by Crippen LogP contribution is 2.49. The second-order valence-electron chi connectivity index (χ2n) is 10.3. The van der Waals surface area contributed by atoms with Gasteiger partial charge in [-0.15, -0.1) is 11.3 Å². The van der Waals surface area contributed by atoms with Crippen LogP contribution in [-0.4, -0.2) is 36.4 Å². The first-order valence-corrected chi connectivity index (χ1v) is 12.4. The van der Waals surface area contributed by atoms with Crippen LogP contribution in [0.2, 0.25) is 0 Å². The second-order valence-corrected chi connectivity index (χ2v) is 11.4. The maximum atomic E-state index is 12.5. The quantitative estimate of drug-likeness (QED) is 0.652. The van der Waals surface area contributed by atoms with Crippen LogP contribution in [0.1, 0.15) is 72.3 Å². The fraction of sp³-hybridized carbons (Fsp3) is 0.538. The number of carboxylic acids is 1. The number of methoxy groups -OCH3 is 1. The molecule has 5 nitrogen and oxygen atoms in total. The molecule has 168 valence electrons. The van der Waals surface area contributed by atoms with Crippen molar-refractivity contribution in [3.05, 3.63) is 39.8 Å². The molecule has 2 fully saturated rings. The molecule has 1 aromatic carbocycles. The highest BCUT2D eigenvalue weighted by atomic mass is 32.1. The number of aromatic carboxylic acids is 1. The Balaban J connectivity index is 1.66. The number of nitriles is 1. The molecule has 0 saturated carbocycles. The molecule has 1 aromatic heterocycles. The average Bonchev–Trinajstić information content (AvgIpc) is 3.26. The van der Waals surface area contributed by atoms with Gasteiger partial charge in [-0.25, -0.2) is 4.79 Å². The smallest absolute Gasteiger partial charge is 0.337 e. The van der Waals surface area contributed by atoms with Gasteiger partial charge in [-0.1, -0.05) is 13.8 Å². The molecule has 3 heterocycles. The van der Waals surface area contributed by atoms with Crippen molar-refractivity contribution in [2.24, 2.45) is 5.41 Å². The molecule has 3 atom stereocenters. The van der Waals surface area contributed by atoms with E-state index in [9.17, 15) is 15.2 Å². The van der Waals surface area contributed by atoms with Gasteiger partial charge in [0.05, 0.1) is 28.2 Å². The number of carboxylic acid groups (broad SMARTS) is 1. The first-order valence-electron chi connectivity index (χ1n) is 11.5. The lowest BCUT2D eigenvalue weighted by atomic mass is 9.76. The van der Waals surface area contributed by atoms with Crippen molar-refractivity contribution in [2.45, 2.75) is 77.0 Å². The lowest BCUT2D eigenvalue weighted by Gasteiger charge is -2.41. The van der Waals surface area contributed by atoms with Gasteiger partial charge in [-0.05, 0) is 74.1 Å². The molecule has 0 radical (unpaired) electrons. The first-order chi connectivity index (χ1) is 15.3. The Bertz CT molecular complexity index is 1100. The lowest BCUT2D eigenvalue weighted by molar-refractivity contribution is 0.0683. The maximum Gasteiger partial charge on any atom is 0.337 e. The normalized spacial score (nSPS) is 25.9. The van der Waals surface area contributed by atoms with E-state index in [0.717, 1.165) is 66.6 Å². The molecule has 0 amide bonds. The molecule has 1 aliphatic carbocycles. The van der Waals surface area contributed by atoms with Crippen molar-refractivity contribution < 1.29 is 14.6 Å². The highest BCUT2D eigenvalue weighted by Gasteiger charge is 2.42. The monoisotopic (exact) mass is 450 g/mol. The van der Waals surface area contributed by atoms with Gasteiger partial charge in [0.1, 0.15) is 0 Å². The zero-order valence-electron chi connectivity index (χ0n) is 19.0. The largest absolute Gasteiger partial charge is 0.478 e. The van der Waals surface area contributed by atoms with Crippen LogP contribution in [0, 0.1) is 16.7 Å². The summed E-state index contributed by atoms with van der Waals surface area (Å²) in [5.41, 5.74) is 4.12.